The van der Waals surface area contributed by atoms with E-state index < -0.39 is 5.97 Å². The molecule has 1 fully saturated rings. The first-order chi connectivity index (χ1) is 8.79. The van der Waals surface area contributed by atoms with Crippen molar-refractivity contribution in [3.63, 3.8) is 0 Å². The second-order valence-corrected chi connectivity index (χ2v) is 7.34. The Labute approximate surface area is 118 Å². The van der Waals surface area contributed by atoms with Gasteiger partial charge in [-0.15, -0.1) is 11.3 Å². The molecule has 2 unspecified atom stereocenters. The third-order valence-electron chi connectivity index (χ3n) is 3.72. The fourth-order valence-electron chi connectivity index (χ4n) is 2.51. The highest BCUT2D eigenvalue weighted by molar-refractivity contribution is 7.09. The molecule has 1 saturated heterocycles. The third kappa shape index (κ3) is 3.15. The van der Waals surface area contributed by atoms with E-state index in [0.717, 1.165) is 23.7 Å². The quantitative estimate of drug-likeness (QED) is 0.926. The summed E-state index contributed by atoms with van der Waals surface area (Å²) in [5, 5.41) is 12.4. The summed E-state index contributed by atoms with van der Waals surface area (Å²) in [6.07, 6.45) is 0.953. The van der Waals surface area contributed by atoms with E-state index in [1.165, 1.54) is 0 Å². The lowest BCUT2D eigenvalue weighted by atomic mass is 9.93. The van der Waals surface area contributed by atoms with Crippen molar-refractivity contribution in [3.8, 4) is 0 Å². The van der Waals surface area contributed by atoms with Crippen molar-refractivity contribution < 1.29 is 9.90 Å². The van der Waals surface area contributed by atoms with Crippen molar-refractivity contribution in [2.75, 3.05) is 6.54 Å². The van der Waals surface area contributed by atoms with Crippen LogP contribution in [0.4, 0.5) is 0 Å². The molecule has 0 amide bonds. The lowest BCUT2D eigenvalue weighted by Gasteiger charge is -2.22. The molecule has 0 aromatic carbocycles. The molecule has 4 nitrogen and oxygen atoms in total. The van der Waals surface area contributed by atoms with E-state index in [0.29, 0.717) is 6.54 Å². The maximum atomic E-state index is 11.3. The molecule has 0 saturated carbocycles. The molecule has 0 radical (unpaired) electrons. The molecule has 1 N–H and O–H groups in total. The van der Waals surface area contributed by atoms with Crippen molar-refractivity contribution in [2.24, 2.45) is 5.92 Å². The molecule has 1 aromatic heterocycles. The smallest absolute Gasteiger partial charge is 0.321 e. The standard InChI is InChI=1S/C14H22N2O2S/c1-9-5-6-16(12(9)13(17)18)7-11-15-10(8-19-11)14(2,3)4/h8-9,12H,5-7H2,1-4H3,(H,17,18). The van der Waals surface area contributed by atoms with Crippen LogP contribution in [0.15, 0.2) is 5.38 Å². The Balaban J connectivity index is 2.09. The molecule has 1 aliphatic heterocycles. The van der Waals surface area contributed by atoms with Crippen LogP contribution in [0.2, 0.25) is 0 Å². The third-order valence-corrected chi connectivity index (χ3v) is 4.55. The zero-order valence-electron chi connectivity index (χ0n) is 12.0. The van der Waals surface area contributed by atoms with Crippen LogP contribution in [0.3, 0.4) is 0 Å². The molecule has 106 valence electrons. The number of carboxylic acids is 1. The van der Waals surface area contributed by atoms with Gasteiger partial charge in [0, 0.05) is 10.8 Å². The van der Waals surface area contributed by atoms with Crippen molar-refractivity contribution >= 4 is 17.3 Å². The zero-order valence-corrected chi connectivity index (χ0v) is 12.8. The Hall–Kier alpha value is -0.940. The number of aliphatic carboxylic acids is 1. The van der Waals surface area contributed by atoms with E-state index in [9.17, 15) is 9.90 Å². The Morgan fingerprint density at radius 3 is 2.79 bits per heavy atom. The Kier molecular flexibility index (Phi) is 3.97. The van der Waals surface area contributed by atoms with Crippen molar-refractivity contribution in [3.05, 3.63) is 16.1 Å². The molecular weight excluding hydrogens is 260 g/mol. The van der Waals surface area contributed by atoms with Gasteiger partial charge in [-0.05, 0) is 18.9 Å². The fraction of sp³-hybridized carbons (Fsp3) is 0.714. The van der Waals surface area contributed by atoms with Crippen LogP contribution in [0.1, 0.15) is 44.8 Å². The fourth-order valence-corrected chi connectivity index (χ4v) is 3.55. The summed E-state index contributed by atoms with van der Waals surface area (Å²) in [6, 6.07) is -0.359. The number of carboxylic acid groups (broad SMARTS) is 1. The summed E-state index contributed by atoms with van der Waals surface area (Å²) in [5.74, 6) is -0.489. The van der Waals surface area contributed by atoms with Crippen molar-refractivity contribution in [2.45, 2.75) is 52.1 Å². The SMILES string of the molecule is CC1CCN(Cc2nc(C(C)(C)C)cs2)C1C(=O)O. The molecule has 1 aliphatic rings. The van der Waals surface area contributed by atoms with E-state index >= 15 is 0 Å². The molecule has 0 aliphatic carbocycles. The first kappa shape index (κ1) is 14.5. The van der Waals surface area contributed by atoms with Gasteiger partial charge in [0.1, 0.15) is 11.0 Å². The maximum absolute atomic E-state index is 11.3. The van der Waals surface area contributed by atoms with Gasteiger partial charge in [-0.1, -0.05) is 27.7 Å². The highest BCUT2D eigenvalue weighted by Gasteiger charge is 2.37. The van der Waals surface area contributed by atoms with Gasteiger partial charge in [0.05, 0.1) is 12.2 Å². The number of rotatable bonds is 3. The number of hydrogen-bond acceptors (Lipinski definition) is 4. The number of aromatic nitrogens is 1. The van der Waals surface area contributed by atoms with Gasteiger partial charge < -0.3 is 5.11 Å². The van der Waals surface area contributed by atoms with Gasteiger partial charge in [0.25, 0.3) is 0 Å². The van der Waals surface area contributed by atoms with Gasteiger partial charge in [-0.2, -0.15) is 0 Å². The Morgan fingerprint density at radius 2 is 2.26 bits per heavy atom. The molecule has 19 heavy (non-hydrogen) atoms. The molecule has 5 heteroatoms. The zero-order chi connectivity index (χ0) is 14.2. The molecule has 2 heterocycles. The number of carbonyl (C=O) groups is 1. The van der Waals surface area contributed by atoms with Gasteiger partial charge >= 0.3 is 5.97 Å². The average Bonchev–Trinajstić information content (AvgIpc) is 2.85. The highest BCUT2D eigenvalue weighted by Crippen LogP contribution is 2.28. The number of hydrogen-bond donors (Lipinski definition) is 1. The first-order valence-corrected chi connectivity index (χ1v) is 7.58. The first-order valence-electron chi connectivity index (χ1n) is 6.71. The molecule has 2 atom stereocenters. The number of likely N-dealkylation sites (tertiary alicyclic amines) is 1. The second-order valence-electron chi connectivity index (χ2n) is 6.40. The minimum atomic E-state index is -0.711. The molecule has 1 aromatic rings. The summed E-state index contributed by atoms with van der Waals surface area (Å²) in [7, 11) is 0. The topological polar surface area (TPSA) is 53.4 Å². The average molecular weight is 282 g/mol. The number of thiazole rings is 1. The van der Waals surface area contributed by atoms with E-state index in [-0.39, 0.29) is 17.4 Å². The van der Waals surface area contributed by atoms with Gasteiger partial charge in [0.2, 0.25) is 0 Å². The largest absolute Gasteiger partial charge is 0.480 e. The number of nitrogens with zero attached hydrogens (tertiary/aromatic N) is 2. The Morgan fingerprint density at radius 1 is 1.58 bits per heavy atom. The minimum absolute atomic E-state index is 0.0548. The van der Waals surface area contributed by atoms with Crippen LogP contribution < -0.4 is 0 Å². The molecular formula is C14H22N2O2S. The lowest BCUT2D eigenvalue weighted by Crippen LogP contribution is -2.38. The van der Waals surface area contributed by atoms with E-state index in [1.54, 1.807) is 11.3 Å². The highest BCUT2D eigenvalue weighted by atomic mass is 32.1. The van der Waals surface area contributed by atoms with Crippen LogP contribution in [-0.4, -0.2) is 33.5 Å². The minimum Gasteiger partial charge on any atom is -0.480 e. The van der Waals surface area contributed by atoms with Crippen LogP contribution in [0.5, 0.6) is 0 Å². The van der Waals surface area contributed by atoms with Crippen molar-refractivity contribution in [1.82, 2.24) is 9.88 Å². The van der Waals surface area contributed by atoms with E-state index in [4.69, 9.17) is 0 Å². The summed E-state index contributed by atoms with van der Waals surface area (Å²) in [5.41, 5.74) is 1.14. The molecule has 2 rings (SSSR count). The van der Waals surface area contributed by atoms with Gasteiger partial charge in [-0.3, -0.25) is 9.69 Å². The van der Waals surface area contributed by atoms with Crippen LogP contribution >= 0.6 is 11.3 Å². The maximum Gasteiger partial charge on any atom is 0.321 e. The lowest BCUT2D eigenvalue weighted by molar-refractivity contribution is -0.143. The van der Waals surface area contributed by atoms with Crippen molar-refractivity contribution in [1.29, 1.82) is 0 Å². The van der Waals surface area contributed by atoms with E-state index in [2.05, 4.69) is 31.1 Å². The normalized spacial score (nSPS) is 24.8. The molecule has 0 spiro atoms. The predicted molar refractivity (Wildman–Crippen MR) is 76.4 cm³/mol. The monoisotopic (exact) mass is 282 g/mol. The summed E-state index contributed by atoms with van der Waals surface area (Å²) in [4.78, 5) is 18.0. The van der Waals surface area contributed by atoms with Crippen LogP contribution in [-0.2, 0) is 16.8 Å². The summed E-state index contributed by atoms with van der Waals surface area (Å²) in [6.45, 7) is 9.95. The van der Waals surface area contributed by atoms with Crippen LogP contribution in [0, 0.1) is 5.92 Å². The summed E-state index contributed by atoms with van der Waals surface area (Å²) < 4.78 is 0. The molecule has 0 bridgehead atoms. The van der Waals surface area contributed by atoms with E-state index in [1.807, 2.05) is 11.8 Å². The summed E-state index contributed by atoms with van der Waals surface area (Å²) >= 11 is 1.63. The van der Waals surface area contributed by atoms with Gasteiger partial charge in [0.15, 0.2) is 0 Å². The second kappa shape index (κ2) is 5.21. The van der Waals surface area contributed by atoms with Crippen LogP contribution in [0.25, 0.3) is 0 Å². The van der Waals surface area contributed by atoms with Gasteiger partial charge in [-0.25, -0.2) is 4.98 Å². The predicted octanol–water partition coefficient (Wildman–Crippen LogP) is 2.74. The Bertz CT molecular complexity index is 464.